The first-order valence-corrected chi connectivity index (χ1v) is 4.46. The van der Waals surface area contributed by atoms with Crippen molar-refractivity contribution >= 4 is 17.2 Å². The third kappa shape index (κ3) is 3.30. The van der Waals surface area contributed by atoms with Gasteiger partial charge in [0.1, 0.15) is 0 Å². The van der Waals surface area contributed by atoms with Crippen molar-refractivity contribution in [1.82, 2.24) is 0 Å². The number of alkyl halides is 3. The van der Waals surface area contributed by atoms with E-state index in [0.29, 0.717) is 0 Å². The molecule has 0 N–H and O–H groups in total. The lowest BCUT2D eigenvalue weighted by molar-refractivity contribution is -0.384. The topological polar surface area (TPSA) is 83.3 Å². The molecular formula is C10H5F3NO4-. The van der Waals surface area contributed by atoms with Crippen LogP contribution < -0.4 is 5.11 Å². The summed E-state index contributed by atoms with van der Waals surface area (Å²) >= 11 is 0. The molecule has 0 aliphatic carbocycles. The number of halogens is 3. The van der Waals surface area contributed by atoms with E-state index in [1.54, 1.807) is 0 Å². The van der Waals surface area contributed by atoms with Crippen molar-refractivity contribution in [3.8, 4) is 0 Å². The van der Waals surface area contributed by atoms with Gasteiger partial charge in [-0.25, -0.2) is 0 Å². The molecule has 0 saturated carbocycles. The van der Waals surface area contributed by atoms with E-state index in [1.807, 2.05) is 0 Å². The van der Waals surface area contributed by atoms with Crippen LogP contribution in [0.2, 0.25) is 0 Å². The molecule has 1 aromatic rings. The van der Waals surface area contributed by atoms with Crippen molar-refractivity contribution in [2.45, 2.75) is 6.18 Å². The predicted molar refractivity (Wildman–Crippen MR) is 52.1 cm³/mol. The quantitative estimate of drug-likeness (QED) is 0.356. The lowest BCUT2D eigenvalue weighted by Crippen LogP contribution is -2.21. The average molecular weight is 260 g/mol. The maximum absolute atomic E-state index is 11.9. The molecule has 0 heterocycles. The van der Waals surface area contributed by atoms with E-state index >= 15 is 0 Å². The Morgan fingerprint density at radius 1 is 1.22 bits per heavy atom. The molecule has 1 aromatic carbocycles. The van der Waals surface area contributed by atoms with Crippen molar-refractivity contribution in [1.29, 1.82) is 0 Å². The third-order valence-electron chi connectivity index (χ3n) is 1.90. The predicted octanol–water partition coefficient (Wildman–Crippen LogP) is 1.43. The fourth-order valence-corrected chi connectivity index (χ4v) is 1.03. The van der Waals surface area contributed by atoms with E-state index in [-0.39, 0.29) is 17.3 Å². The van der Waals surface area contributed by atoms with Crippen LogP contribution in [0.4, 0.5) is 18.9 Å². The maximum atomic E-state index is 11.9. The molecule has 0 radical (unpaired) electrons. The molecule has 0 bridgehead atoms. The maximum Gasteiger partial charge on any atom is 0.454 e. The summed E-state index contributed by atoms with van der Waals surface area (Å²) in [6.07, 6.45) is -5.21. The Kier molecular flexibility index (Phi) is 3.70. The van der Waals surface area contributed by atoms with Crippen LogP contribution in [-0.2, 0) is 4.79 Å². The number of nitro benzene ring substituents is 1. The van der Waals surface area contributed by atoms with Crippen LogP contribution in [0.1, 0.15) is 5.56 Å². The van der Waals surface area contributed by atoms with E-state index in [9.17, 15) is 33.2 Å². The Balaban J connectivity index is 2.98. The highest BCUT2D eigenvalue weighted by atomic mass is 19.4. The lowest BCUT2D eigenvalue weighted by Gasteiger charge is -2.12. The fourth-order valence-electron chi connectivity index (χ4n) is 1.03. The number of allylic oxidation sites excluding steroid dienone is 1. The number of ketones is 1. The molecule has 0 spiro atoms. The minimum absolute atomic E-state index is 0.0961. The highest BCUT2D eigenvalue weighted by molar-refractivity contribution is 5.98. The molecular weight excluding hydrogens is 255 g/mol. The van der Waals surface area contributed by atoms with Crippen molar-refractivity contribution in [3.05, 3.63) is 46.0 Å². The first-order valence-electron chi connectivity index (χ1n) is 4.46. The second-order valence-corrected chi connectivity index (χ2v) is 3.17. The van der Waals surface area contributed by atoms with Crippen molar-refractivity contribution in [2.75, 3.05) is 0 Å². The van der Waals surface area contributed by atoms with Gasteiger partial charge < -0.3 is 5.11 Å². The van der Waals surface area contributed by atoms with Crippen LogP contribution in [0, 0.1) is 10.1 Å². The van der Waals surface area contributed by atoms with E-state index in [0.717, 1.165) is 24.3 Å². The lowest BCUT2D eigenvalue weighted by atomic mass is 10.1. The van der Waals surface area contributed by atoms with Gasteiger partial charge >= 0.3 is 6.18 Å². The second-order valence-electron chi connectivity index (χ2n) is 3.17. The van der Waals surface area contributed by atoms with Crippen LogP contribution in [0.3, 0.4) is 0 Å². The van der Waals surface area contributed by atoms with Crippen molar-refractivity contribution in [3.63, 3.8) is 0 Å². The minimum atomic E-state index is -5.11. The number of hydrogen-bond acceptors (Lipinski definition) is 4. The molecule has 0 aliphatic heterocycles. The molecule has 5 nitrogen and oxygen atoms in total. The summed E-state index contributed by atoms with van der Waals surface area (Å²) in [7, 11) is 0. The van der Waals surface area contributed by atoms with Gasteiger partial charge in [-0.1, -0.05) is 5.76 Å². The summed E-state index contributed by atoms with van der Waals surface area (Å²) in [5.41, 5.74) is -0.549. The van der Waals surface area contributed by atoms with Gasteiger partial charge in [-0.3, -0.25) is 14.9 Å². The minimum Gasteiger partial charge on any atom is -0.872 e. The highest BCUT2D eigenvalue weighted by Gasteiger charge is 2.36. The molecule has 0 saturated heterocycles. The number of non-ortho nitro benzene ring substituents is 1. The third-order valence-corrected chi connectivity index (χ3v) is 1.90. The molecule has 96 valence electrons. The highest BCUT2D eigenvalue weighted by Crippen LogP contribution is 2.20. The van der Waals surface area contributed by atoms with Crippen LogP contribution in [0.25, 0.3) is 5.76 Å². The Morgan fingerprint density at radius 3 is 2.11 bits per heavy atom. The van der Waals surface area contributed by atoms with Crippen LogP contribution >= 0.6 is 0 Å². The van der Waals surface area contributed by atoms with Crippen LogP contribution in [-0.4, -0.2) is 16.9 Å². The van der Waals surface area contributed by atoms with E-state index in [1.165, 1.54) is 0 Å². The fraction of sp³-hybridized carbons (Fsp3) is 0.100. The molecule has 1 rings (SSSR count). The van der Waals surface area contributed by atoms with Gasteiger partial charge in [-0.15, -0.1) is 0 Å². The van der Waals surface area contributed by atoms with Crippen LogP contribution in [0.5, 0.6) is 0 Å². The largest absolute Gasteiger partial charge is 0.872 e. The monoisotopic (exact) mass is 260 g/mol. The molecule has 0 aliphatic rings. The van der Waals surface area contributed by atoms with Gasteiger partial charge in [-0.05, 0) is 23.8 Å². The smallest absolute Gasteiger partial charge is 0.454 e. The Hall–Kier alpha value is -2.38. The van der Waals surface area contributed by atoms with Gasteiger partial charge in [-0.2, -0.15) is 13.2 Å². The number of carbonyl (C=O) groups excluding carboxylic acids is 1. The Labute approximate surface area is 98.3 Å². The molecule has 0 aromatic heterocycles. The number of nitrogens with zero attached hydrogens (tertiary/aromatic N) is 1. The van der Waals surface area contributed by atoms with Gasteiger partial charge in [0.25, 0.3) is 11.5 Å². The zero-order valence-electron chi connectivity index (χ0n) is 8.60. The van der Waals surface area contributed by atoms with E-state index in [2.05, 4.69) is 0 Å². The summed E-state index contributed by atoms with van der Waals surface area (Å²) in [5.74, 6) is -3.43. The summed E-state index contributed by atoms with van der Waals surface area (Å²) in [4.78, 5) is 20.1. The summed E-state index contributed by atoms with van der Waals surface area (Å²) in [6.45, 7) is 0. The normalized spacial score (nSPS) is 12.3. The van der Waals surface area contributed by atoms with Gasteiger partial charge in [0.15, 0.2) is 0 Å². The molecule has 0 unspecified atom stereocenters. The second kappa shape index (κ2) is 4.86. The Bertz CT molecular complexity index is 505. The molecule has 0 amide bonds. The summed E-state index contributed by atoms with van der Waals surface area (Å²) in [6, 6.07) is 3.86. The first kappa shape index (κ1) is 13.7. The first-order chi connectivity index (χ1) is 8.21. The number of rotatable bonds is 3. The molecule has 0 fully saturated rings. The average Bonchev–Trinajstić information content (AvgIpc) is 2.27. The van der Waals surface area contributed by atoms with Crippen molar-refractivity contribution in [2.24, 2.45) is 0 Å². The zero-order chi connectivity index (χ0) is 13.9. The number of hydrogen-bond donors (Lipinski definition) is 0. The SMILES string of the molecule is O=C(/C=C(\[O-])c1ccc([N+](=O)[O-])cc1)C(F)(F)F. The van der Waals surface area contributed by atoms with Gasteiger partial charge in [0.2, 0.25) is 0 Å². The van der Waals surface area contributed by atoms with Gasteiger partial charge in [0.05, 0.1) is 4.92 Å². The van der Waals surface area contributed by atoms with Crippen molar-refractivity contribution < 1.29 is 28.0 Å². The number of nitro groups is 1. The molecule has 8 heteroatoms. The number of benzene rings is 1. The zero-order valence-corrected chi connectivity index (χ0v) is 8.60. The van der Waals surface area contributed by atoms with Gasteiger partial charge in [0, 0.05) is 12.1 Å². The van der Waals surface area contributed by atoms with E-state index < -0.39 is 22.6 Å². The van der Waals surface area contributed by atoms with E-state index in [4.69, 9.17) is 0 Å². The summed E-state index contributed by atoms with van der Waals surface area (Å²) in [5, 5.41) is 21.5. The Morgan fingerprint density at radius 2 is 1.72 bits per heavy atom. The number of carbonyl (C=O) groups is 1. The molecule has 0 atom stereocenters. The van der Waals surface area contributed by atoms with Crippen LogP contribution in [0.15, 0.2) is 30.3 Å². The molecule has 18 heavy (non-hydrogen) atoms. The summed E-state index contributed by atoms with van der Waals surface area (Å²) < 4.78 is 35.6. The standard InChI is InChI=1S/C10H6F3NO4/c11-10(12,13)9(16)5-8(15)6-1-3-7(4-2-6)14(17)18/h1-5,15H/p-1/b8-5-.